The van der Waals surface area contributed by atoms with Crippen molar-refractivity contribution in [1.29, 1.82) is 0 Å². The van der Waals surface area contributed by atoms with Crippen molar-refractivity contribution in [1.82, 2.24) is 4.90 Å². The molecule has 29 heavy (non-hydrogen) atoms. The van der Waals surface area contributed by atoms with Crippen LogP contribution >= 0.6 is 0 Å². The van der Waals surface area contributed by atoms with E-state index in [1.54, 1.807) is 13.8 Å². The highest BCUT2D eigenvalue weighted by Gasteiger charge is 2.42. The molecule has 0 aromatic heterocycles. The molecule has 13 heteroatoms. The number of benzene rings is 1. The Morgan fingerprint density at radius 1 is 1.31 bits per heavy atom. The zero-order valence-electron chi connectivity index (χ0n) is 15.8. The second-order valence-electron chi connectivity index (χ2n) is 7.19. The number of imide groups is 1. The van der Waals surface area contributed by atoms with Crippen LogP contribution in [0.5, 0.6) is 0 Å². The lowest BCUT2D eigenvalue weighted by Crippen LogP contribution is -2.39. The summed E-state index contributed by atoms with van der Waals surface area (Å²) < 4.78 is 50.5. The number of aliphatic carboxylic acids is 1. The Hall–Kier alpha value is -2.35. The fourth-order valence-corrected chi connectivity index (χ4v) is 4.01. The number of hydrogen-bond acceptors (Lipinski definition) is 8. The summed E-state index contributed by atoms with van der Waals surface area (Å²) >= 11 is -3.01. The van der Waals surface area contributed by atoms with E-state index in [9.17, 15) is 31.6 Å². The summed E-state index contributed by atoms with van der Waals surface area (Å²) in [7, 11) is -4.07. The number of rotatable bonds is 9. The van der Waals surface area contributed by atoms with Gasteiger partial charge in [0.1, 0.15) is 6.73 Å². The zero-order chi connectivity index (χ0) is 22.1. The fraction of sp³-hybridized carbons (Fsp3) is 0.438. The minimum Gasteiger partial charge on any atom is -0.750 e. The minimum atomic E-state index is -4.07. The van der Waals surface area contributed by atoms with E-state index in [1.165, 1.54) is 18.2 Å². The number of carboxylic acid groups (broad SMARTS) is 1. The molecule has 1 aliphatic rings. The van der Waals surface area contributed by atoms with E-state index >= 15 is 0 Å². The van der Waals surface area contributed by atoms with Crippen molar-refractivity contribution in [2.75, 3.05) is 23.8 Å². The predicted octanol–water partition coefficient (Wildman–Crippen LogP) is 0.318. The van der Waals surface area contributed by atoms with Crippen LogP contribution in [0.25, 0.3) is 0 Å². The molecule has 1 unspecified atom stereocenters. The van der Waals surface area contributed by atoms with E-state index in [2.05, 4.69) is 4.18 Å². The van der Waals surface area contributed by atoms with Gasteiger partial charge in [-0.2, -0.15) is 0 Å². The summed E-state index contributed by atoms with van der Waals surface area (Å²) in [6, 6.07) is 3.92. The largest absolute Gasteiger partial charge is 0.750 e. The van der Waals surface area contributed by atoms with Gasteiger partial charge in [0.2, 0.25) is 10.0 Å². The molecule has 11 nitrogen and oxygen atoms in total. The van der Waals surface area contributed by atoms with Gasteiger partial charge in [0.15, 0.2) is 0 Å². The van der Waals surface area contributed by atoms with Crippen molar-refractivity contribution in [2.45, 2.75) is 20.3 Å². The summed E-state index contributed by atoms with van der Waals surface area (Å²) in [6.45, 7) is 2.03. The van der Waals surface area contributed by atoms with Crippen molar-refractivity contribution < 1.29 is 40.9 Å². The first-order valence-electron chi connectivity index (χ1n) is 8.16. The lowest BCUT2D eigenvalue weighted by molar-refractivity contribution is -0.139. The number of hydrogen-bond donors (Lipinski definition) is 1. The second-order valence-corrected chi connectivity index (χ2v) is 9.74. The van der Waals surface area contributed by atoms with Gasteiger partial charge in [-0.25, -0.2) is 16.9 Å². The van der Waals surface area contributed by atoms with Crippen LogP contribution in [0.3, 0.4) is 0 Å². The standard InChI is InChI=1S/C16H20N2O9S2/c1-16(2,7-12(19)20)8-17-14(21)10-5-4-6-11(13(10)15(17)22)18(29(3,25)26)9-27-28(23)24/h4-6H,7-9H2,1-3H3,(H,19,20)(H,23,24)/p-1. The monoisotopic (exact) mass is 447 g/mol. The molecule has 1 aromatic rings. The molecule has 0 bridgehead atoms. The molecular weight excluding hydrogens is 428 g/mol. The number of carbonyl (C=O) groups excluding carboxylic acids is 2. The summed E-state index contributed by atoms with van der Waals surface area (Å²) in [6.07, 6.45) is 0.490. The molecule has 2 amide bonds. The van der Waals surface area contributed by atoms with Crippen molar-refractivity contribution in [3.63, 3.8) is 0 Å². The quantitative estimate of drug-likeness (QED) is 0.319. The maximum absolute atomic E-state index is 12.9. The van der Waals surface area contributed by atoms with E-state index in [0.717, 1.165) is 11.2 Å². The van der Waals surface area contributed by atoms with Crippen LogP contribution in [0, 0.1) is 5.41 Å². The Morgan fingerprint density at radius 2 is 1.93 bits per heavy atom. The smallest absolute Gasteiger partial charge is 0.303 e. The minimum absolute atomic E-state index is 0.0736. The predicted molar refractivity (Wildman–Crippen MR) is 100 cm³/mol. The van der Waals surface area contributed by atoms with E-state index in [4.69, 9.17) is 5.11 Å². The van der Waals surface area contributed by atoms with Gasteiger partial charge in [0, 0.05) is 6.54 Å². The third kappa shape index (κ3) is 5.18. The molecule has 0 radical (unpaired) electrons. The summed E-state index contributed by atoms with van der Waals surface area (Å²) in [5, 5.41) is 9.01. The van der Waals surface area contributed by atoms with Crippen molar-refractivity contribution in [2.24, 2.45) is 5.41 Å². The SMILES string of the molecule is CC(C)(CC(=O)O)CN1C(=O)c2cccc(N(COS(=O)[O-])S(C)(=O)=O)c2C1=O. The van der Waals surface area contributed by atoms with Crippen LogP contribution in [-0.2, 0) is 30.4 Å². The van der Waals surface area contributed by atoms with Crippen LogP contribution in [0.2, 0.25) is 0 Å². The van der Waals surface area contributed by atoms with Crippen LogP contribution in [0.1, 0.15) is 41.0 Å². The number of carboxylic acids is 1. The average molecular weight is 447 g/mol. The molecule has 160 valence electrons. The summed E-state index contributed by atoms with van der Waals surface area (Å²) in [5.41, 5.74) is -1.45. The molecule has 0 saturated carbocycles. The number of fused-ring (bicyclic) bond motifs is 1. The van der Waals surface area contributed by atoms with E-state index < -0.39 is 51.3 Å². The molecule has 1 aliphatic heterocycles. The number of carbonyl (C=O) groups is 3. The Labute approximate surface area is 169 Å². The molecule has 0 fully saturated rings. The molecular formula is C16H19N2O9S2-. The Morgan fingerprint density at radius 3 is 2.45 bits per heavy atom. The molecule has 1 atom stereocenters. The molecule has 1 aromatic carbocycles. The first kappa shape index (κ1) is 22.9. The topological polar surface area (TPSA) is 161 Å². The van der Waals surface area contributed by atoms with E-state index in [0.29, 0.717) is 4.31 Å². The second kappa shape index (κ2) is 8.18. The lowest BCUT2D eigenvalue weighted by atomic mass is 9.89. The number of sulfonamides is 1. The van der Waals surface area contributed by atoms with Gasteiger partial charge < -0.3 is 9.66 Å². The Bertz CT molecular complexity index is 988. The van der Waals surface area contributed by atoms with Crippen LogP contribution in [-0.4, -0.2) is 64.5 Å². The molecule has 0 spiro atoms. The van der Waals surface area contributed by atoms with E-state index in [1.807, 2.05) is 0 Å². The van der Waals surface area contributed by atoms with Crippen molar-refractivity contribution in [3.8, 4) is 0 Å². The van der Waals surface area contributed by atoms with Gasteiger partial charge in [0.25, 0.3) is 11.8 Å². The normalized spacial score (nSPS) is 15.4. The highest BCUT2D eigenvalue weighted by atomic mass is 32.2. The highest BCUT2D eigenvalue weighted by molar-refractivity contribution is 7.92. The Balaban J connectivity index is 2.48. The third-order valence-corrected chi connectivity index (χ3v) is 5.53. The maximum Gasteiger partial charge on any atom is 0.303 e. The third-order valence-electron chi connectivity index (χ3n) is 4.13. The molecule has 1 N–H and O–H groups in total. The number of nitrogens with zero attached hydrogens (tertiary/aromatic N) is 2. The van der Waals surface area contributed by atoms with Gasteiger partial charge in [0.05, 0.1) is 40.9 Å². The Kier molecular flexibility index (Phi) is 6.47. The first-order valence-corrected chi connectivity index (χ1v) is 11.0. The summed E-state index contributed by atoms with van der Waals surface area (Å²) in [5.74, 6) is -2.61. The van der Waals surface area contributed by atoms with Gasteiger partial charge >= 0.3 is 5.97 Å². The van der Waals surface area contributed by atoms with Gasteiger partial charge in [-0.1, -0.05) is 19.9 Å². The maximum atomic E-state index is 12.9. The van der Waals surface area contributed by atoms with Gasteiger partial charge in [-0.3, -0.25) is 23.5 Å². The van der Waals surface area contributed by atoms with Crippen LogP contribution in [0.15, 0.2) is 18.2 Å². The lowest BCUT2D eigenvalue weighted by Gasteiger charge is -2.28. The number of amides is 2. The molecule has 2 rings (SSSR count). The first-order chi connectivity index (χ1) is 13.2. The van der Waals surface area contributed by atoms with Crippen LogP contribution in [0.4, 0.5) is 5.69 Å². The van der Waals surface area contributed by atoms with Gasteiger partial charge in [-0.05, 0) is 17.5 Å². The molecule has 0 saturated heterocycles. The molecule has 0 aliphatic carbocycles. The zero-order valence-corrected chi connectivity index (χ0v) is 17.4. The van der Waals surface area contributed by atoms with Gasteiger partial charge in [-0.15, -0.1) is 0 Å². The van der Waals surface area contributed by atoms with Crippen molar-refractivity contribution >= 4 is 44.9 Å². The van der Waals surface area contributed by atoms with E-state index in [-0.39, 0.29) is 29.8 Å². The molecule has 1 heterocycles. The van der Waals surface area contributed by atoms with Crippen LogP contribution < -0.4 is 4.31 Å². The number of anilines is 1. The highest BCUT2D eigenvalue weighted by Crippen LogP contribution is 2.35. The average Bonchev–Trinajstić information content (AvgIpc) is 2.77. The van der Waals surface area contributed by atoms with Crippen molar-refractivity contribution in [3.05, 3.63) is 29.3 Å². The fourth-order valence-electron chi connectivity index (χ4n) is 3.00. The summed E-state index contributed by atoms with van der Waals surface area (Å²) in [4.78, 5) is 37.5.